The first-order valence-corrected chi connectivity index (χ1v) is 11.2. The van der Waals surface area contributed by atoms with Crippen molar-refractivity contribution in [2.24, 2.45) is 0 Å². The van der Waals surface area contributed by atoms with Gasteiger partial charge in [0.05, 0.1) is 10.6 Å². The minimum Gasteiger partial charge on any atom is -0.322 e. The predicted molar refractivity (Wildman–Crippen MR) is 122 cm³/mol. The zero-order valence-electron chi connectivity index (χ0n) is 17.6. The number of rotatable bonds is 6. The molecule has 1 N–H and O–H groups in total. The molecule has 0 unspecified atom stereocenters. The number of amides is 1. The molecule has 0 bridgehead atoms. The van der Waals surface area contributed by atoms with Crippen molar-refractivity contribution in [1.29, 1.82) is 0 Å². The average Bonchev–Trinajstić information content (AvgIpc) is 2.74. The van der Waals surface area contributed by atoms with Crippen molar-refractivity contribution in [2.45, 2.75) is 31.6 Å². The van der Waals surface area contributed by atoms with Gasteiger partial charge in [-0.2, -0.15) is 0 Å². The highest BCUT2D eigenvalue weighted by Gasteiger charge is 2.23. The van der Waals surface area contributed by atoms with E-state index in [4.69, 9.17) is 0 Å². The Hall–Kier alpha value is -3.12. The third-order valence-electron chi connectivity index (χ3n) is 5.04. The van der Waals surface area contributed by atoms with Gasteiger partial charge in [-0.05, 0) is 60.4 Å². The zero-order valence-corrected chi connectivity index (χ0v) is 18.4. The molecule has 6 heteroatoms. The first-order valence-electron chi connectivity index (χ1n) is 9.76. The Morgan fingerprint density at radius 3 is 2.23 bits per heavy atom. The number of nitrogens with zero attached hydrogens (tertiary/aromatic N) is 1. The molecule has 0 fully saturated rings. The van der Waals surface area contributed by atoms with Gasteiger partial charge in [0.15, 0.2) is 0 Å². The van der Waals surface area contributed by atoms with Crippen molar-refractivity contribution >= 4 is 27.3 Å². The molecule has 0 radical (unpaired) electrons. The molecule has 0 aromatic heterocycles. The second-order valence-electron chi connectivity index (χ2n) is 7.52. The molecule has 0 saturated heterocycles. The summed E-state index contributed by atoms with van der Waals surface area (Å²) >= 11 is 0. The summed E-state index contributed by atoms with van der Waals surface area (Å²) in [5.74, 6) is 0.0461. The molecule has 0 aliphatic carbocycles. The van der Waals surface area contributed by atoms with Gasteiger partial charge in [-0.3, -0.25) is 9.10 Å². The summed E-state index contributed by atoms with van der Waals surface area (Å²) in [5, 5.41) is 2.83. The van der Waals surface area contributed by atoms with Crippen LogP contribution in [0, 0.1) is 6.92 Å². The molecule has 0 aliphatic rings. The van der Waals surface area contributed by atoms with Crippen LogP contribution >= 0.6 is 0 Å². The van der Waals surface area contributed by atoms with Gasteiger partial charge in [0, 0.05) is 18.3 Å². The highest BCUT2D eigenvalue weighted by Crippen LogP contribution is 2.26. The van der Waals surface area contributed by atoms with Crippen molar-refractivity contribution in [3.05, 3.63) is 89.5 Å². The molecule has 5 nitrogen and oxygen atoms in total. The summed E-state index contributed by atoms with van der Waals surface area (Å²) in [6, 6.07) is 21.0. The fraction of sp³-hybridized carbons (Fsp3) is 0.208. The van der Waals surface area contributed by atoms with Crippen molar-refractivity contribution in [3.63, 3.8) is 0 Å². The number of nitrogens with one attached hydrogen (secondary N) is 1. The van der Waals surface area contributed by atoms with Gasteiger partial charge in [-0.25, -0.2) is 8.42 Å². The molecule has 0 spiro atoms. The fourth-order valence-electron chi connectivity index (χ4n) is 3.16. The van der Waals surface area contributed by atoms with Crippen molar-refractivity contribution in [1.82, 2.24) is 0 Å². The van der Waals surface area contributed by atoms with Crippen LogP contribution in [0.2, 0.25) is 0 Å². The average molecular weight is 423 g/mol. The Kier molecular flexibility index (Phi) is 6.27. The van der Waals surface area contributed by atoms with E-state index in [9.17, 15) is 13.2 Å². The van der Waals surface area contributed by atoms with Gasteiger partial charge in [-0.1, -0.05) is 50.2 Å². The summed E-state index contributed by atoms with van der Waals surface area (Å²) in [6.45, 7) is 6.07. The minimum absolute atomic E-state index is 0.0658. The number of sulfonamides is 1. The first-order chi connectivity index (χ1) is 14.2. The van der Waals surface area contributed by atoms with Crippen LogP contribution in [0.4, 0.5) is 11.4 Å². The highest BCUT2D eigenvalue weighted by atomic mass is 32.2. The lowest BCUT2D eigenvalue weighted by Gasteiger charge is -2.21. The number of carbonyl (C=O) groups excluding carboxylic acids is 1. The van der Waals surface area contributed by atoms with Crippen LogP contribution in [0.1, 0.15) is 41.3 Å². The lowest BCUT2D eigenvalue weighted by atomic mass is 10.0. The smallest absolute Gasteiger partial charge is 0.264 e. The van der Waals surface area contributed by atoms with Crippen molar-refractivity contribution in [3.8, 4) is 0 Å². The van der Waals surface area contributed by atoms with Crippen LogP contribution in [-0.4, -0.2) is 21.4 Å². The Morgan fingerprint density at radius 2 is 1.60 bits per heavy atom. The van der Waals surface area contributed by atoms with E-state index in [1.54, 1.807) is 24.3 Å². The summed E-state index contributed by atoms with van der Waals surface area (Å²) < 4.78 is 27.5. The van der Waals surface area contributed by atoms with Crippen LogP contribution < -0.4 is 9.62 Å². The van der Waals surface area contributed by atoms with E-state index in [-0.39, 0.29) is 16.4 Å². The Balaban J connectivity index is 1.84. The lowest BCUT2D eigenvalue weighted by molar-refractivity contribution is 0.102. The van der Waals surface area contributed by atoms with E-state index in [0.717, 1.165) is 5.56 Å². The van der Waals surface area contributed by atoms with Crippen LogP contribution in [0.15, 0.2) is 77.7 Å². The number of benzene rings is 3. The highest BCUT2D eigenvalue weighted by molar-refractivity contribution is 7.92. The van der Waals surface area contributed by atoms with E-state index in [1.807, 2.05) is 43.3 Å². The molecule has 3 aromatic carbocycles. The standard InChI is InChI=1S/C24H26N2O3S/c1-17(2)19-12-14-21(15-13-19)25-24(27)20-9-7-10-22(16-20)30(28,29)26(4)23-11-6-5-8-18(23)3/h5-17H,1-4H3,(H,25,27). The third kappa shape index (κ3) is 4.54. The van der Waals surface area contributed by atoms with Crippen LogP contribution in [-0.2, 0) is 10.0 Å². The fourth-order valence-corrected chi connectivity index (χ4v) is 4.46. The number of hydrogen-bond donors (Lipinski definition) is 1. The number of para-hydroxylation sites is 1. The molecule has 30 heavy (non-hydrogen) atoms. The topological polar surface area (TPSA) is 66.5 Å². The summed E-state index contributed by atoms with van der Waals surface area (Å²) in [5.41, 5.74) is 3.57. The van der Waals surface area contributed by atoms with Crippen molar-refractivity contribution < 1.29 is 13.2 Å². The molecule has 3 aromatic rings. The maximum Gasteiger partial charge on any atom is 0.264 e. The second kappa shape index (κ2) is 8.71. The van der Waals surface area contributed by atoms with Crippen LogP contribution in [0.3, 0.4) is 0 Å². The summed E-state index contributed by atoms with van der Waals surface area (Å²) in [7, 11) is -2.29. The summed E-state index contributed by atoms with van der Waals surface area (Å²) in [6.07, 6.45) is 0. The van der Waals surface area contributed by atoms with Gasteiger partial charge in [-0.15, -0.1) is 0 Å². The molecular formula is C24H26N2O3S. The minimum atomic E-state index is -3.81. The second-order valence-corrected chi connectivity index (χ2v) is 9.49. The molecular weight excluding hydrogens is 396 g/mol. The quantitative estimate of drug-likeness (QED) is 0.594. The normalized spacial score (nSPS) is 11.4. The summed E-state index contributed by atoms with van der Waals surface area (Å²) in [4.78, 5) is 12.8. The molecule has 0 saturated carbocycles. The Morgan fingerprint density at radius 1 is 0.933 bits per heavy atom. The van der Waals surface area contributed by atoms with Gasteiger partial charge in [0.25, 0.3) is 15.9 Å². The Bertz CT molecular complexity index is 1150. The van der Waals surface area contributed by atoms with Crippen molar-refractivity contribution in [2.75, 3.05) is 16.7 Å². The predicted octanol–water partition coefficient (Wildman–Crippen LogP) is 5.20. The van der Waals surface area contributed by atoms with Gasteiger partial charge in [0.2, 0.25) is 0 Å². The van der Waals surface area contributed by atoms with Gasteiger partial charge in [0.1, 0.15) is 0 Å². The van der Waals surface area contributed by atoms with E-state index in [1.165, 1.54) is 29.0 Å². The maximum atomic E-state index is 13.1. The first kappa shape index (κ1) is 21.6. The number of hydrogen-bond acceptors (Lipinski definition) is 3. The molecule has 0 heterocycles. The monoisotopic (exact) mass is 422 g/mol. The number of anilines is 2. The van der Waals surface area contributed by atoms with Gasteiger partial charge >= 0.3 is 0 Å². The third-order valence-corrected chi connectivity index (χ3v) is 6.81. The number of aryl methyl sites for hydroxylation is 1. The Labute approximate surface area is 178 Å². The SMILES string of the molecule is Cc1ccccc1N(C)S(=O)(=O)c1cccc(C(=O)Nc2ccc(C(C)C)cc2)c1. The molecule has 156 valence electrons. The molecule has 3 rings (SSSR count). The number of carbonyl (C=O) groups is 1. The van der Waals surface area contributed by atoms with E-state index < -0.39 is 10.0 Å². The zero-order chi connectivity index (χ0) is 21.9. The van der Waals surface area contributed by atoms with Crippen LogP contribution in [0.25, 0.3) is 0 Å². The molecule has 0 aliphatic heterocycles. The van der Waals surface area contributed by atoms with E-state index in [0.29, 0.717) is 17.3 Å². The molecule has 0 atom stereocenters. The maximum absolute atomic E-state index is 13.1. The lowest BCUT2D eigenvalue weighted by Crippen LogP contribution is -2.27. The molecule has 1 amide bonds. The largest absolute Gasteiger partial charge is 0.322 e. The van der Waals surface area contributed by atoms with E-state index in [2.05, 4.69) is 19.2 Å². The van der Waals surface area contributed by atoms with Crippen LogP contribution in [0.5, 0.6) is 0 Å². The van der Waals surface area contributed by atoms with E-state index >= 15 is 0 Å². The van der Waals surface area contributed by atoms with Gasteiger partial charge < -0.3 is 5.32 Å².